The molecule has 2 N–H and O–H groups in total. The third kappa shape index (κ3) is 6.85. The molecule has 1 fully saturated rings. The first-order chi connectivity index (χ1) is 13.7. The van der Waals surface area contributed by atoms with Crippen molar-refractivity contribution in [1.82, 2.24) is 15.5 Å². The smallest absolute Gasteiger partial charge is 0.253 e. The van der Waals surface area contributed by atoms with E-state index in [0.29, 0.717) is 36.3 Å². The van der Waals surface area contributed by atoms with Crippen molar-refractivity contribution in [1.29, 1.82) is 0 Å². The Morgan fingerprint density at radius 3 is 2.31 bits per heavy atom. The predicted octanol–water partition coefficient (Wildman–Crippen LogP) is 3.22. The fourth-order valence-corrected chi connectivity index (χ4v) is 3.93. The molecule has 8 heteroatoms. The summed E-state index contributed by atoms with van der Waals surface area (Å²) in [5, 5.41) is 6.55. The number of morpholine rings is 1. The predicted molar refractivity (Wildman–Crippen MR) is 117 cm³/mol. The molecular weight excluding hydrogens is 413 g/mol. The molecule has 0 bridgehead atoms. The number of rotatable bonds is 8. The molecule has 6 nitrogen and oxygen atoms in total. The van der Waals surface area contributed by atoms with E-state index in [9.17, 15) is 9.59 Å². The van der Waals surface area contributed by atoms with Crippen LogP contribution < -0.4 is 10.6 Å². The molecule has 1 saturated heterocycles. The van der Waals surface area contributed by atoms with Crippen molar-refractivity contribution in [2.45, 2.75) is 39.8 Å². The number of benzene rings is 1. The highest BCUT2D eigenvalue weighted by Gasteiger charge is 2.28. The molecule has 0 radical (unpaired) electrons. The van der Waals surface area contributed by atoms with Gasteiger partial charge in [0.25, 0.3) is 5.91 Å². The summed E-state index contributed by atoms with van der Waals surface area (Å²) in [6, 6.07) is 4.23. The molecule has 0 spiro atoms. The number of ether oxygens (including phenoxy) is 1. The number of carbonyl (C=O) groups is 2. The molecule has 29 heavy (non-hydrogen) atoms. The fourth-order valence-electron chi connectivity index (χ4n) is 3.44. The first-order valence-electron chi connectivity index (χ1n) is 10.1. The van der Waals surface area contributed by atoms with E-state index in [1.807, 2.05) is 13.8 Å². The third-order valence-electron chi connectivity index (χ3n) is 5.18. The molecule has 2 amide bonds. The Kier molecular flexibility index (Phi) is 9.21. The second-order valence-electron chi connectivity index (χ2n) is 8.02. The molecule has 1 heterocycles. The van der Waals surface area contributed by atoms with Gasteiger partial charge in [-0.2, -0.15) is 0 Å². The number of amides is 2. The maximum atomic E-state index is 12.9. The molecule has 1 aliphatic rings. The number of hydrogen-bond acceptors (Lipinski definition) is 4. The topological polar surface area (TPSA) is 70.7 Å². The lowest BCUT2D eigenvalue weighted by Gasteiger charge is -2.37. The van der Waals surface area contributed by atoms with E-state index in [4.69, 9.17) is 27.9 Å². The van der Waals surface area contributed by atoms with Crippen LogP contribution >= 0.6 is 23.2 Å². The van der Waals surface area contributed by atoms with Crippen LogP contribution in [-0.2, 0) is 9.53 Å². The number of halogens is 2. The normalized spacial score (nSPS) is 17.2. The molecule has 2 rings (SSSR count). The van der Waals surface area contributed by atoms with Gasteiger partial charge in [0.15, 0.2) is 0 Å². The van der Waals surface area contributed by atoms with Gasteiger partial charge in [0.05, 0.1) is 23.8 Å². The van der Waals surface area contributed by atoms with Crippen molar-refractivity contribution in [2.75, 3.05) is 32.8 Å². The van der Waals surface area contributed by atoms with Crippen LogP contribution in [0.3, 0.4) is 0 Å². The van der Waals surface area contributed by atoms with E-state index in [1.165, 1.54) is 6.07 Å². The maximum absolute atomic E-state index is 12.9. The average molecular weight is 444 g/mol. The van der Waals surface area contributed by atoms with E-state index in [1.54, 1.807) is 12.1 Å². The summed E-state index contributed by atoms with van der Waals surface area (Å²) >= 11 is 12.0. The quantitative estimate of drug-likeness (QED) is 0.646. The van der Waals surface area contributed by atoms with Crippen molar-refractivity contribution < 1.29 is 14.3 Å². The minimum absolute atomic E-state index is 0.0779. The molecule has 162 valence electrons. The van der Waals surface area contributed by atoms with E-state index in [0.717, 1.165) is 13.1 Å². The van der Waals surface area contributed by atoms with Crippen LogP contribution in [0.15, 0.2) is 18.2 Å². The van der Waals surface area contributed by atoms with E-state index in [-0.39, 0.29) is 22.9 Å². The van der Waals surface area contributed by atoms with Gasteiger partial charge < -0.3 is 15.4 Å². The van der Waals surface area contributed by atoms with Crippen LogP contribution in [0, 0.1) is 11.8 Å². The van der Waals surface area contributed by atoms with Crippen molar-refractivity contribution in [3.8, 4) is 0 Å². The molecule has 1 aromatic carbocycles. The minimum atomic E-state index is -0.660. The van der Waals surface area contributed by atoms with Crippen LogP contribution in [-0.4, -0.2) is 61.6 Å². The highest BCUT2D eigenvalue weighted by Crippen LogP contribution is 2.21. The van der Waals surface area contributed by atoms with Crippen molar-refractivity contribution >= 4 is 35.0 Å². The first kappa shape index (κ1) is 23.9. The van der Waals surface area contributed by atoms with Crippen LogP contribution in [0.25, 0.3) is 0 Å². The second kappa shape index (κ2) is 11.2. The van der Waals surface area contributed by atoms with Crippen LogP contribution in [0.2, 0.25) is 10.0 Å². The molecule has 0 aliphatic carbocycles. The van der Waals surface area contributed by atoms with Gasteiger partial charge >= 0.3 is 0 Å². The molecule has 2 unspecified atom stereocenters. The zero-order chi connectivity index (χ0) is 21.6. The highest BCUT2D eigenvalue weighted by atomic mass is 35.5. The third-order valence-corrected chi connectivity index (χ3v) is 5.73. The Morgan fingerprint density at radius 1 is 1.10 bits per heavy atom. The summed E-state index contributed by atoms with van der Waals surface area (Å²) in [7, 11) is 0. The summed E-state index contributed by atoms with van der Waals surface area (Å²) in [5.41, 5.74) is 0.294. The Morgan fingerprint density at radius 2 is 1.76 bits per heavy atom. The Hall–Kier alpha value is -1.34. The van der Waals surface area contributed by atoms with Gasteiger partial charge in [-0.25, -0.2) is 0 Å². The molecule has 0 saturated carbocycles. The molecule has 1 aliphatic heterocycles. The molecule has 1 aromatic rings. The van der Waals surface area contributed by atoms with Crippen LogP contribution in [0.5, 0.6) is 0 Å². The highest BCUT2D eigenvalue weighted by molar-refractivity contribution is 6.36. The number of nitrogens with one attached hydrogen (secondary N) is 2. The van der Waals surface area contributed by atoms with Crippen LogP contribution in [0.4, 0.5) is 0 Å². The average Bonchev–Trinajstić information content (AvgIpc) is 2.66. The second-order valence-corrected chi connectivity index (χ2v) is 8.87. The lowest BCUT2D eigenvalue weighted by Crippen LogP contribution is -2.55. The van der Waals surface area contributed by atoms with Crippen LogP contribution in [0.1, 0.15) is 38.1 Å². The van der Waals surface area contributed by atoms with E-state index in [2.05, 4.69) is 29.4 Å². The van der Waals surface area contributed by atoms with Gasteiger partial charge in [0.1, 0.15) is 6.04 Å². The van der Waals surface area contributed by atoms with Crippen molar-refractivity contribution in [2.24, 2.45) is 11.8 Å². The van der Waals surface area contributed by atoms with Gasteiger partial charge in [-0.05, 0) is 30.0 Å². The SMILES string of the molecule is CC(C)C(NC(=O)c1ccc(Cl)cc1Cl)C(=O)NCC(C(C)C)N1CCOCC1. The lowest BCUT2D eigenvalue weighted by atomic mass is 10.00. The van der Waals surface area contributed by atoms with Gasteiger partial charge in [0.2, 0.25) is 5.91 Å². The Balaban J connectivity index is 2.01. The molecule has 2 atom stereocenters. The fraction of sp³-hybridized carbons (Fsp3) is 0.619. The number of hydrogen-bond donors (Lipinski definition) is 2. The van der Waals surface area contributed by atoms with Crippen molar-refractivity contribution in [3.63, 3.8) is 0 Å². The summed E-state index contributed by atoms with van der Waals surface area (Å²) in [4.78, 5) is 27.9. The van der Waals surface area contributed by atoms with E-state index < -0.39 is 11.9 Å². The summed E-state index contributed by atoms with van der Waals surface area (Å²) in [6.45, 7) is 11.8. The van der Waals surface area contributed by atoms with Gasteiger partial charge in [-0.1, -0.05) is 50.9 Å². The summed E-state index contributed by atoms with van der Waals surface area (Å²) < 4.78 is 5.43. The zero-order valence-corrected chi connectivity index (χ0v) is 19.0. The first-order valence-corrected chi connectivity index (χ1v) is 10.8. The Bertz CT molecular complexity index is 706. The van der Waals surface area contributed by atoms with Gasteiger partial charge in [-0.15, -0.1) is 0 Å². The maximum Gasteiger partial charge on any atom is 0.253 e. The summed E-state index contributed by atoms with van der Waals surface area (Å²) in [5.74, 6) is -0.286. The lowest BCUT2D eigenvalue weighted by molar-refractivity contribution is -0.124. The standard InChI is InChI=1S/C21H31Cl2N3O3/c1-13(2)18(26-7-9-29-10-8-26)12-24-21(28)19(14(3)4)25-20(27)16-6-5-15(22)11-17(16)23/h5-6,11,13-14,18-19H,7-10,12H2,1-4H3,(H,24,28)(H,25,27). The number of nitrogens with zero attached hydrogens (tertiary/aromatic N) is 1. The van der Waals surface area contributed by atoms with Gasteiger partial charge in [0, 0.05) is 30.7 Å². The Labute approximate surface area is 183 Å². The molecule has 0 aromatic heterocycles. The number of carbonyl (C=O) groups excluding carboxylic acids is 2. The van der Waals surface area contributed by atoms with Gasteiger partial charge in [-0.3, -0.25) is 14.5 Å². The summed E-state index contributed by atoms with van der Waals surface area (Å²) in [6.07, 6.45) is 0. The zero-order valence-electron chi connectivity index (χ0n) is 17.5. The van der Waals surface area contributed by atoms with Crippen molar-refractivity contribution in [3.05, 3.63) is 33.8 Å². The van der Waals surface area contributed by atoms with E-state index >= 15 is 0 Å². The molecular formula is C21H31Cl2N3O3. The largest absolute Gasteiger partial charge is 0.379 e. The minimum Gasteiger partial charge on any atom is -0.379 e. The monoisotopic (exact) mass is 443 g/mol.